The minimum Gasteiger partial charge on any atom is -0.396 e. The van der Waals surface area contributed by atoms with E-state index in [1.54, 1.807) is 0 Å². The lowest BCUT2D eigenvalue weighted by Crippen LogP contribution is -2.46. The van der Waals surface area contributed by atoms with Crippen molar-refractivity contribution in [3.05, 3.63) is 0 Å². The van der Waals surface area contributed by atoms with Crippen molar-refractivity contribution in [2.75, 3.05) is 6.61 Å². The third kappa shape index (κ3) is 2.32. The maximum absolute atomic E-state index is 9.32. The number of hydrogen-bond acceptors (Lipinski definition) is 4. The zero-order chi connectivity index (χ0) is 15.5. The summed E-state index contributed by atoms with van der Waals surface area (Å²) in [6, 6.07) is 0. The number of aliphatic hydroxyl groups excluding tert-OH is 1. The summed E-state index contributed by atoms with van der Waals surface area (Å²) in [5.74, 6) is 0.383. The van der Waals surface area contributed by atoms with Gasteiger partial charge in [-0.15, -0.1) is 0 Å². The summed E-state index contributed by atoms with van der Waals surface area (Å²) in [4.78, 5) is 0. The van der Waals surface area contributed by atoms with Gasteiger partial charge in [0.2, 0.25) is 0 Å². The van der Waals surface area contributed by atoms with E-state index in [0.717, 1.165) is 38.5 Å². The van der Waals surface area contributed by atoms with E-state index in [0.29, 0.717) is 24.0 Å². The van der Waals surface area contributed by atoms with Crippen LogP contribution in [0.2, 0.25) is 0 Å². The van der Waals surface area contributed by atoms with Gasteiger partial charge in [0.05, 0.1) is 18.3 Å². The van der Waals surface area contributed by atoms with Crippen LogP contribution in [0.4, 0.5) is 0 Å². The summed E-state index contributed by atoms with van der Waals surface area (Å²) in [6.45, 7) is 0.324. The first-order valence-corrected chi connectivity index (χ1v) is 9.84. The van der Waals surface area contributed by atoms with Crippen LogP contribution in [0.25, 0.3) is 0 Å². The van der Waals surface area contributed by atoms with Crippen molar-refractivity contribution in [3.63, 3.8) is 0 Å². The molecule has 5 fully saturated rings. The molecular weight excluding hydrogens is 292 g/mol. The van der Waals surface area contributed by atoms with Crippen LogP contribution in [0, 0.1) is 11.3 Å². The predicted octanol–water partition coefficient (Wildman–Crippen LogP) is 3.16. The molecule has 0 amide bonds. The smallest absolute Gasteiger partial charge is 0.169 e. The van der Waals surface area contributed by atoms with E-state index >= 15 is 0 Å². The van der Waals surface area contributed by atoms with Crippen molar-refractivity contribution in [3.8, 4) is 0 Å². The highest BCUT2D eigenvalue weighted by molar-refractivity contribution is 5.10. The predicted molar refractivity (Wildman–Crippen MR) is 84.9 cm³/mol. The van der Waals surface area contributed by atoms with Gasteiger partial charge in [-0.3, -0.25) is 0 Å². The molecule has 2 aliphatic heterocycles. The van der Waals surface area contributed by atoms with Crippen LogP contribution in [-0.2, 0) is 14.2 Å². The molecular formula is C19H30O4. The van der Waals surface area contributed by atoms with Gasteiger partial charge in [0, 0.05) is 24.9 Å². The van der Waals surface area contributed by atoms with Gasteiger partial charge in [0.15, 0.2) is 5.79 Å². The van der Waals surface area contributed by atoms with E-state index in [-0.39, 0.29) is 24.1 Å². The van der Waals surface area contributed by atoms with Gasteiger partial charge in [-0.1, -0.05) is 6.42 Å². The van der Waals surface area contributed by atoms with E-state index in [1.807, 2.05) is 0 Å². The maximum atomic E-state index is 9.32. The first-order valence-electron chi connectivity index (χ1n) is 9.84. The maximum Gasteiger partial charge on any atom is 0.169 e. The average molecular weight is 322 g/mol. The summed E-state index contributed by atoms with van der Waals surface area (Å²) in [7, 11) is 0. The second kappa shape index (κ2) is 5.42. The minimum atomic E-state index is -0.285. The topological polar surface area (TPSA) is 47.9 Å². The van der Waals surface area contributed by atoms with Crippen LogP contribution >= 0.6 is 0 Å². The molecule has 2 saturated heterocycles. The molecule has 1 N–H and O–H groups in total. The number of rotatable bonds is 2. The molecule has 3 unspecified atom stereocenters. The average Bonchev–Trinajstić information content (AvgIpc) is 3.04. The van der Waals surface area contributed by atoms with Gasteiger partial charge in [-0.25, -0.2) is 0 Å². The van der Waals surface area contributed by atoms with Crippen LogP contribution in [0.3, 0.4) is 0 Å². The lowest BCUT2D eigenvalue weighted by Gasteiger charge is -2.44. The molecule has 0 aromatic heterocycles. The van der Waals surface area contributed by atoms with Crippen molar-refractivity contribution in [2.24, 2.45) is 11.3 Å². The molecule has 2 bridgehead atoms. The first kappa shape index (κ1) is 15.1. The van der Waals surface area contributed by atoms with E-state index in [9.17, 15) is 5.11 Å². The highest BCUT2D eigenvalue weighted by Gasteiger charge is 2.64. The van der Waals surface area contributed by atoms with Crippen molar-refractivity contribution in [1.82, 2.24) is 0 Å². The number of fused-ring (bicyclic) bond motifs is 3. The van der Waals surface area contributed by atoms with Crippen LogP contribution in [0.5, 0.6) is 0 Å². The zero-order valence-electron chi connectivity index (χ0n) is 14.0. The molecule has 130 valence electrons. The largest absolute Gasteiger partial charge is 0.396 e. The van der Waals surface area contributed by atoms with E-state index in [4.69, 9.17) is 14.2 Å². The SMILES string of the molecule is OCCC1CCC2O[C@@H]3CC2(C1)C[C@H]1OC2(CCCCC2)O[C@@H]31. The molecule has 23 heavy (non-hydrogen) atoms. The van der Waals surface area contributed by atoms with Gasteiger partial charge < -0.3 is 19.3 Å². The monoisotopic (exact) mass is 322 g/mol. The van der Waals surface area contributed by atoms with Gasteiger partial charge in [-0.05, 0) is 57.3 Å². The summed E-state index contributed by atoms with van der Waals surface area (Å²) in [6.07, 6.45) is 13.8. The van der Waals surface area contributed by atoms with E-state index in [1.165, 1.54) is 32.1 Å². The first-order chi connectivity index (χ1) is 11.2. The second-order valence-electron chi connectivity index (χ2n) is 8.80. The van der Waals surface area contributed by atoms with Crippen LogP contribution in [-0.4, -0.2) is 41.9 Å². The fraction of sp³-hybridized carbons (Fsp3) is 1.00. The molecule has 0 aromatic rings. The Morgan fingerprint density at radius 2 is 1.74 bits per heavy atom. The molecule has 6 atom stereocenters. The molecule has 2 heterocycles. The van der Waals surface area contributed by atoms with Gasteiger partial charge in [-0.2, -0.15) is 0 Å². The molecule has 5 aliphatic rings. The Morgan fingerprint density at radius 3 is 2.57 bits per heavy atom. The fourth-order valence-electron chi connectivity index (χ4n) is 6.40. The minimum absolute atomic E-state index is 0.167. The van der Waals surface area contributed by atoms with Gasteiger partial charge >= 0.3 is 0 Å². The molecule has 3 aliphatic carbocycles. The summed E-state index contributed by atoms with van der Waals surface area (Å²) in [5, 5.41) is 9.32. The Hall–Kier alpha value is -0.160. The Balaban J connectivity index is 1.36. The molecule has 0 aromatic carbocycles. The molecule has 4 nitrogen and oxygen atoms in total. The number of ether oxygens (including phenoxy) is 3. The molecule has 5 rings (SSSR count). The Bertz CT molecular complexity index is 460. The Kier molecular flexibility index (Phi) is 3.56. The lowest BCUT2D eigenvalue weighted by molar-refractivity contribution is -0.205. The second-order valence-corrected chi connectivity index (χ2v) is 8.80. The fourth-order valence-corrected chi connectivity index (χ4v) is 6.40. The molecule has 4 heteroatoms. The van der Waals surface area contributed by atoms with Gasteiger partial charge in [0.25, 0.3) is 0 Å². The number of aliphatic hydroxyl groups is 1. The highest BCUT2D eigenvalue weighted by Crippen LogP contribution is 2.60. The van der Waals surface area contributed by atoms with Gasteiger partial charge in [0.1, 0.15) is 6.10 Å². The molecule has 0 radical (unpaired) electrons. The summed E-state index contributed by atoms with van der Waals surface area (Å²) < 4.78 is 19.6. The Morgan fingerprint density at radius 1 is 0.913 bits per heavy atom. The van der Waals surface area contributed by atoms with Crippen molar-refractivity contribution in [1.29, 1.82) is 0 Å². The van der Waals surface area contributed by atoms with Crippen molar-refractivity contribution < 1.29 is 19.3 Å². The normalized spacial score (nSPS) is 50.7. The van der Waals surface area contributed by atoms with Crippen LogP contribution in [0.1, 0.15) is 70.6 Å². The third-order valence-corrected chi connectivity index (χ3v) is 7.37. The van der Waals surface area contributed by atoms with E-state index in [2.05, 4.69) is 0 Å². The Labute approximate surface area is 138 Å². The quantitative estimate of drug-likeness (QED) is 0.848. The number of hydrogen-bond donors (Lipinski definition) is 1. The summed E-state index contributed by atoms with van der Waals surface area (Å²) >= 11 is 0. The highest BCUT2D eigenvalue weighted by atomic mass is 16.8. The van der Waals surface area contributed by atoms with Crippen LogP contribution < -0.4 is 0 Å². The standard InChI is InChI=1S/C19H30O4/c20-9-6-13-4-5-16-18(10-13)11-14(21-16)17-15(12-18)22-19(23-17)7-2-1-3-8-19/h13-17,20H,1-12H2/t13?,14-,15-,16?,17+,18?/m1/s1. The van der Waals surface area contributed by atoms with Crippen LogP contribution in [0.15, 0.2) is 0 Å². The third-order valence-electron chi connectivity index (χ3n) is 7.37. The van der Waals surface area contributed by atoms with Crippen molar-refractivity contribution in [2.45, 2.75) is 101 Å². The lowest BCUT2D eigenvalue weighted by atomic mass is 9.61. The van der Waals surface area contributed by atoms with E-state index < -0.39 is 0 Å². The summed E-state index contributed by atoms with van der Waals surface area (Å²) in [5.41, 5.74) is 0.299. The zero-order valence-corrected chi connectivity index (χ0v) is 14.0. The van der Waals surface area contributed by atoms with Crippen molar-refractivity contribution >= 4 is 0 Å². The molecule has 2 spiro atoms. The molecule has 3 saturated carbocycles.